The highest BCUT2D eigenvalue weighted by Crippen LogP contribution is 2.23. The molecule has 1 amide bonds. The Balaban J connectivity index is 1.76. The fourth-order valence-electron chi connectivity index (χ4n) is 2.67. The van der Waals surface area contributed by atoms with Crippen molar-refractivity contribution in [1.82, 2.24) is 5.32 Å². The van der Waals surface area contributed by atoms with Gasteiger partial charge in [0, 0.05) is 17.0 Å². The molecule has 2 aromatic carbocycles. The summed E-state index contributed by atoms with van der Waals surface area (Å²) in [5.74, 6) is -0.234. The van der Waals surface area contributed by atoms with Crippen LogP contribution < -0.4 is 9.62 Å². The Morgan fingerprint density at radius 2 is 1.70 bits per heavy atom. The van der Waals surface area contributed by atoms with Crippen molar-refractivity contribution in [3.63, 3.8) is 0 Å². The van der Waals surface area contributed by atoms with Gasteiger partial charge in [-0.1, -0.05) is 24.3 Å². The molecule has 3 aromatic rings. The number of rotatable bonds is 7. The van der Waals surface area contributed by atoms with Gasteiger partial charge in [-0.2, -0.15) is 0 Å². The lowest BCUT2D eigenvalue weighted by Crippen LogP contribution is -2.30. The zero-order valence-electron chi connectivity index (χ0n) is 14.8. The van der Waals surface area contributed by atoms with Gasteiger partial charge in [0.05, 0.1) is 17.1 Å². The molecule has 0 fully saturated rings. The third-order valence-electron chi connectivity index (χ3n) is 4.04. The van der Waals surface area contributed by atoms with Crippen LogP contribution in [-0.2, 0) is 16.6 Å². The van der Waals surface area contributed by atoms with Gasteiger partial charge in [-0.3, -0.25) is 9.10 Å². The molecule has 0 radical (unpaired) electrons. The molecule has 5 nitrogen and oxygen atoms in total. The first kappa shape index (κ1) is 19.1. The summed E-state index contributed by atoms with van der Waals surface area (Å²) in [7, 11) is -3.69. The quantitative estimate of drug-likeness (QED) is 0.654. The van der Waals surface area contributed by atoms with Gasteiger partial charge in [0.2, 0.25) is 0 Å². The fourth-order valence-corrected chi connectivity index (χ4v) is 4.79. The molecule has 0 saturated carbocycles. The van der Waals surface area contributed by atoms with E-state index < -0.39 is 10.0 Å². The third-order valence-corrected chi connectivity index (χ3v) is 6.83. The van der Waals surface area contributed by atoms with Gasteiger partial charge < -0.3 is 5.32 Å². The highest BCUT2D eigenvalue weighted by molar-refractivity contribution is 7.92. The van der Waals surface area contributed by atoms with Crippen LogP contribution in [0.2, 0.25) is 0 Å². The smallest absolute Gasteiger partial charge is 0.264 e. The number of nitrogens with zero attached hydrogens (tertiary/aromatic N) is 1. The second-order valence-corrected chi connectivity index (χ2v) is 8.69. The summed E-state index contributed by atoms with van der Waals surface area (Å²) in [4.78, 5) is 13.5. The van der Waals surface area contributed by atoms with Crippen molar-refractivity contribution in [2.45, 2.75) is 18.4 Å². The van der Waals surface area contributed by atoms with Crippen LogP contribution >= 0.6 is 11.3 Å². The normalized spacial score (nSPS) is 11.1. The molecule has 1 heterocycles. The van der Waals surface area contributed by atoms with Crippen LogP contribution in [-0.4, -0.2) is 20.9 Å². The predicted octanol–water partition coefficient (Wildman–Crippen LogP) is 3.89. The molecule has 0 saturated heterocycles. The molecule has 0 spiro atoms. The predicted molar refractivity (Wildman–Crippen MR) is 109 cm³/mol. The van der Waals surface area contributed by atoms with Crippen LogP contribution in [0.3, 0.4) is 0 Å². The van der Waals surface area contributed by atoms with E-state index in [1.807, 2.05) is 23.6 Å². The Morgan fingerprint density at radius 3 is 2.30 bits per heavy atom. The molecule has 3 rings (SSSR count). The van der Waals surface area contributed by atoms with Crippen LogP contribution in [0.25, 0.3) is 0 Å². The number of hydrogen-bond donors (Lipinski definition) is 1. The summed E-state index contributed by atoms with van der Waals surface area (Å²) in [5, 5.41) is 4.78. The molecular formula is C20H20N2O3S2. The second kappa shape index (κ2) is 8.37. The number of amides is 1. The second-order valence-electron chi connectivity index (χ2n) is 5.79. The SMILES string of the molecule is CCN(c1ccccc1)S(=O)(=O)c1ccc(C(=O)NCc2cccs2)cc1. The zero-order chi connectivity index (χ0) is 19.3. The maximum absolute atomic E-state index is 13.0. The standard InChI is InChI=1S/C20H20N2O3S2/c1-2-22(17-7-4-3-5-8-17)27(24,25)19-12-10-16(11-13-19)20(23)21-15-18-9-6-14-26-18/h3-14H,2,15H2,1H3,(H,21,23). The lowest BCUT2D eigenvalue weighted by Gasteiger charge is -2.23. The number of hydrogen-bond acceptors (Lipinski definition) is 4. The first-order chi connectivity index (χ1) is 13.0. The number of carbonyl (C=O) groups is 1. The number of thiophene rings is 1. The van der Waals surface area contributed by atoms with E-state index in [-0.39, 0.29) is 10.8 Å². The van der Waals surface area contributed by atoms with Gasteiger partial charge in [0.15, 0.2) is 0 Å². The van der Waals surface area contributed by atoms with E-state index in [9.17, 15) is 13.2 Å². The molecule has 0 aliphatic rings. The summed E-state index contributed by atoms with van der Waals surface area (Å²) < 4.78 is 27.3. The minimum atomic E-state index is -3.69. The summed E-state index contributed by atoms with van der Waals surface area (Å²) >= 11 is 1.57. The Labute approximate surface area is 163 Å². The number of sulfonamides is 1. The van der Waals surface area contributed by atoms with E-state index >= 15 is 0 Å². The van der Waals surface area contributed by atoms with Gasteiger partial charge in [-0.25, -0.2) is 8.42 Å². The van der Waals surface area contributed by atoms with E-state index in [0.717, 1.165) is 4.88 Å². The lowest BCUT2D eigenvalue weighted by atomic mass is 10.2. The van der Waals surface area contributed by atoms with E-state index in [1.54, 1.807) is 42.5 Å². The van der Waals surface area contributed by atoms with Gasteiger partial charge in [0.25, 0.3) is 15.9 Å². The van der Waals surface area contributed by atoms with Crippen molar-refractivity contribution in [2.24, 2.45) is 0 Å². The molecule has 140 valence electrons. The molecule has 0 aliphatic carbocycles. The zero-order valence-corrected chi connectivity index (χ0v) is 16.5. The Bertz CT molecular complexity index is 983. The number of anilines is 1. The van der Waals surface area contributed by atoms with Gasteiger partial charge in [-0.05, 0) is 54.8 Å². The topological polar surface area (TPSA) is 66.5 Å². The van der Waals surface area contributed by atoms with Crippen LogP contribution in [0.15, 0.2) is 77.0 Å². The van der Waals surface area contributed by atoms with Crippen LogP contribution in [0.1, 0.15) is 22.2 Å². The number of nitrogens with one attached hydrogen (secondary N) is 1. The molecule has 27 heavy (non-hydrogen) atoms. The van der Waals surface area contributed by atoms with E-state index in [4.69, 9.17) is 0 Å². The molecule has 7 heteroatoms. The summed E-state index contributed by atoms with van der Waals surface area (Å²) in [6.45, 7) is 2.56. The van der Waals surface area contributed by atoms with Crippen molar-refractivity contribution in [3.05, 3.63) is 82.6 Å². The highest BCUT2D eigenvalue weighted by atomic mass is 32.2. The van der Waals surface area contributed by atoms with Gasteiger partial charge in [0.1, 0.15) is 0 Å². The molecule has 1 N–H and O–H groups in total. The Kier molecular flexibility index (Phi) is 5.93. The van der Waals surface area contributed by atoms with E-state index in [2.05, 4.69) is 5.32 Å². The summed E-state index contributed by atoms with van der Waals surface area (Å²) in [6, 6.07) is 18.9. The van der Waals surface area contributed by atoms with E-state index in [1.165, 1.54) is 28.6 Å². The molecule has 0 aliphatic heterocycles. The third kappa shape index (κ3) is 4.37. The van der Waals surface area contributed by atoms with Crippen LogP contribution in [0.5, 0.6) is 0 Å². The molecule has 0 atom stereocenters. The molecule has 0 unspecified atom stereocenters. The summed E-state index contributed by atoms with van der Waals surface area (Å²) in [6.07, 6.45) is 0. The number of para-hydroxylation sites is 1. The van der Waals surface area contributed by atoms with Crippen molar-refractivity contribution in [2.75, 3.05) is 10.8 Å². The molecular weight excluding hydrogens is 380 g/mol. The van der Waals surface area contributed by atoms with Gasteiger partial charge in [-0.15, -0.1) is 11.3 Å². The molecule has 0 bridgehead atoms. The van der Waals surface area contributed by atoms with Crippen molar-refractivity contribution < 1.29 is 13.2 Å². The minimum Gasteiger partial charge on any atom is -0.347 e. The van der Waals surface area contributed by atoms with Crippen molar-refractivity contribution >= 4 is 33.0 Å². The first-order valence-corrected chi connectivity index (χ1v) is 10.8. The monoisotopic (exact) mass is 400 g/mol. The average Bonchev–Trinajstić information content (AvgIpc) is 3.21. The maximum atomic E-state index is 13.0. The van der Waals surface area contributed by atoms with Gasteiger partial charge >= 0.3 is 0 Å². The number of benzene rings is 2. The largest absolute Gasteiger partial charge is 0.347 e. The highest BCUT2D eigenvalue weighted by Gasteiger charge is 2.23. The van der Waals surface area contributed by atoms with Crippen molar-refractivity contribution in [1.29, 1.82) is 0 Å². The fraction of sp³-hybridized carbons (Fsp3) is 0.150. The number of carbonyl (C=O) groups excluding carboxylic acids is 1. The van der Waals surface area contributed by atoms with Crippen LogP contribution in [0.4, 0.5) is 5.69 Å². The summed E-state index contributed by atoms with van der Waals surface area (Å²) in [5.41, 5.74) is 1.03. The minimum absolute atomic E-state index is 0.156. The average molecular weight is 401 g/mol. The van der Waals surface area contributed by atoms with Crippen LogP contribution in [0, 0.1) is 0 Å². The Hall–Kier alpha value is -2.64. The van der Waals surface area contributed by atoms with Crippen molar-refractivity contribution in [3.8, 4) is 0 Å². The Morgan fingerprint density at radius 1 is 1.00 bits per heavy atom. The van der Waals surface area contributed by atoms with E-state index in [0.29, 0.717) is 24.3 Å². The first-order valence-electron chi connectivity index (χ1n) is 8.51. The lowest BCUT2D eigenvalue weighted by molar-refractivity contribution is 0.0951. The maximum Gasteiger partial charge on any atom is 0.264 e. The molecule has 1 aromatic heterocycles.